The first-order valence-corrected chi connectivity index (χ1v) is 9.43. The molecule has 28 heavy (non-hydrogen) atoms. The van der Waals surface area contributed by atoms with Crippen LogP contribution in [0.5, 0.6) is 11.5 Å². The van der Waals surface area contributed by atoms with Crippen LogP contribution in [0.25, 0.3) is 10.2 Å². The molecule has 2 heterocycles. The summed E-state index contributed by atoms with van der Waals surface area (Å²) in [5.41, 5.74) is 1.09. The summed E-state index contributed by atoms with van der Waals surface area (Å²) in [6.45, 7) is 1.77. The number of hydrogen-bond acceptors (Lipinski definition) is 5. The summed E-state index contributed by atoms with van der Waals surface area (Å²) < 4.78 is 7.22. The van der Waals surface area contributed by atoms with Gasteiger partial charge in [-0.15, -0.1) is 11.3 Å². The molecule has 2 aromatic heterocycles. The fourth-order valence-corrected chi connectivity index (χ4v) is 3.91. The van der Waals surface area contributed by atoms with E-state index in [0.29, 0.717) is 37.8 Å². The Morgan fingerprint density at radius 1 is 1.11 bits per heavy atom. The normalized spacial score (nSPS) is 10.8. The number of benzene rings is 2. The van der Waals surface area contributed by atoms with Crippen molar-refractivity contribution in [2.24, 2.45) is 7.05 Å². The molecule has 0 aliphatic heterocycles. The number of hydrogen-bond donors (Lipinski definition) is 1. The van der Waals surface area contributed by atoms with Crippen molar-refractivity contribution in [3.8, 4) is 11.5 Å². The third-order valence-electron chi connectivity index (χ3n) is 4.29. The minimum atomic E-state index is -0.278. The highest BCUT2D eigenvalue weighted by Crippen LogP contribution is 2.28. The van der Waals surface area contributed by atoms with Crippen LogP contribution in [0, 0.1) is 6.92 Å². The van der Waals surface area contributed by atoms with Crippen LogP contribution in [0.3, 0.4) is 0 Å². The third-order valence-corrected chi connectivity index (χ3v) is 5.49. The lowest BCUT2D eigenvalue weighted by molar-refractivity contribution is 0.103. The van der Waals surface area contributed by atoms with Crippen LogP contribution in [0.2, 0.25) is 0 Å². The van der Waals surface area contributed by atoms with E-state index in [0.717, 1.165) is 0 Å². The Balaban J connectivity index is 1.60. The zero-order chi connectivity index (χ0) is 19.7. The Morgan fingerprint density at radius 2 is 1.86 bits per heavy atom. The number of ether oxygens (including phenoxy) is 1. The molecule has 0 atom stereocenters. The summed E-state index contributed by atoms with van der Waals surface area (Å²) in [6.07, 6.45) is 1.46. The van der Waals surface area contributed by atoms with Gasteiger partial charge < -0.3 is 14.6 Å². The zero-order valence-electron chi connectivity index (χ0n) is 15.3. The number of thiophene rings is 1. The van der Waals surface area contributed by atoms with Crippen LogP contribution in [0.15, 0.2) is 65.7 Å². The van der Waals surface area contributed by atoms with E-state index in [1.807, 2.05) is 42.5 Å². The van der Waals surface area contributed by atoms with Gasteiger partial charge in [-0.25, -0.2) is 4.98 Å². The molecule has 1 amide bonds. The van der Waals surface area contributed by atoms with Crippen LogP contribution < -0.4 is 15.6 Å². The van der Waals surface area contributed by atoms with Crippen LogP contribution in [-0.2, 0) is 7.05 Å². The summed E-state index contributed by atoms with van der Waals surface area (Å²) in [6, 6.07) is 16.6. The van der Waals surface area contributed by atoms with Crippen molar-refractivity contribution in [3.63, 3.8) is 0 Å². The molecule has 0 unspecified atom stereocenters. The van der Waals surface area contributed by atoms with Gasteiger partial charge in [0.05, 0.1) is 16.6 Å². The molecule has 140 valence electrons. The van der Waals surface area contributed by atoms with Gasteiger partial charge in [0.2, 0.25) is 0 Å². The van der Waals surface area contributed by atoms with Gasteiger partial charge in [0, 0.05) is 18.8 Å². The summed E-state index contributed by atoms with van der Waals surface area (Å²) in [4.78, 5) is 30.4. The maximum absolute atomic E-state index is 12.8. The number of nitrogens with one attached hydrogen (secondary N) is 1. The van der Waals surface area contributed by atoms with Gasteiger partial charge in [-0.3, -0.25) is 9.59 Å². The third kappa shape index (κ3) is 3.39. The van der Waals surface area contributed by atoms with Crippen LogP contribution in [-0.4, -0.2) is 15.5 Å². The Morgan fingerprint density at radius 3 is 2.64 bits per heavy atom. The summed E-state index contributed by atoms with van der Waals surface area (Å²) in [7, 11) is 1.64. The van der Waals surface area contributed by atoms with Crippen molar-refractivity contribution in [1.29, 1.82) is 0 Å². The molecular weight excluding hydrogens is 374 g/mol. The lowest BCUT2D eigenvalue weighted by Gasteiger charge is -2.08. The summed E-state index contributed by atoms with van der Waals surface area (Å²) in [5.74, 6) is 1.06. The lowest BCUT2D eigenvalue weighted by Crippen LogP contribution is -2.17. The van der Waals surface area contributed by atoms with E-state index in [1.165, 1.54) is 22.2 Å². The van der Waals surface area contributed by atoms with E-state index in [9.17, 15) is 9.59 Å². The van der Waals surface area contributed by atoms with Crippen molar-refractivity contribution in [3.05, 3.63) is 81.7 Å². The molecular formula is C21H17N3O3S. The maximum atomic E-state index is 12.8. The molecule has 0 aliphatic carbocycles. The number of amides is 1. The molecule has 4 rings (SSSR count). The highest BCUT2D eigenvalue weighted by Gasteiger charge is 2.19. The van der Waals surface area contributed by atoms with Gasteiger partial charge in [-0.1, -0.05) is 24.3 Å². The van der Waals surface area contributed by atoms with Crippen LogP contribution in [0.1, 0.15) is 15.2 Å². The number of aromatic nitrogens is 2. The van der Waals surface area contributed by atoms with Crippen molar-refractivity contribution < 1.29 is 9.53 Å². The first kappa shape index (κ1) is 17.9. The number of rotatable bonds is 4. The van der Waals surface area contributed by atoms with Gasteiger partial charge in [0.15, 0.2) is 0 Å². The molecule has 0 fully saturated rings. The average Bonchev–Trinajstić information content (AvgIpc) is 3.03. The Labute approximate surface area is 165 Å². The number of aryl methyl sites for hydroxylation is 2. The standard InChI is InChI=1S/C21H17N3O3S/c1-13-17-20(22-12-24(2)21(17)26)28-18(13)19(25)23-14-7-6-10-16(11-14)27-15-8-4-3-5-9-15/h3-12H,1-2H3,(H,23,25). The summed E-state index contributed by atoms with van der Waals surface area (Å²) >= 11 is 1.21. The second kappa shape index (κ2) is 7.28. The maximum Gasteiger partial charge on any atom is 0.266 e. The molecule has 0 saturated heterocycles. The predicted octanol–water partition coefficient (Wildman–Crippen LogP) is 4.35. The van der Waals surface area contributed by atoms with Crippen molar-refractivity contribution in [2.45, 2.75) is 6.92 Å². The van der Waals surface area contributed by atoms with Crippen molar-refractivity contribution >= 4 is 33.1 Å². The van der Waals surface area contributed by atoms with Gasteiger partial charge >= 0.3 is 0 Å². The molecule has 4 aromatic rings. The largest absolute Gasteiger partial charge is 0.457 e. The highest BCUT2D eigenvalue weighted by molar-refractivity contribution is 7.20. The second-order valence-corrected chi connectivity index (χ2v) is 7.29. The lowest BCUT2D eigenvalue weighted by atomic mass is 10.2. The molecule has 0 bridgehead atoms. The van der Waals surface area contributed by atoms with E-state index in [1.54, 1.807) is 26.1 Å². The molecule has 1 N–H and O–H groups in total. The molecule has 0 saturated carbocycles. The fourth-order valence-electron chi connectivity index (χ4n) is 2.88. The SMILES string of the molecule is Cc1c(C(=O)Nc2cccc(Oc3ccccc3)c2)sc2ncn(C)c(=O)c12. The van der Waals surface area contributed by atoms with E-state index in [2.05, 4.69) is 10.3 Å². The van der Waals surface area contributed by atoms with E-state index in [-0.39, 0.29) is 11.5 Å². The summed E-state index contributed by atoms with van der Waals surface area (Å²) in [5, 5.41) is 3.36. The molecule has 0 aliphatic rings. The quantitative estimate of drug-likeness (QED) is 0.561. The minimum Gasteiger partial charge on any atom is -0.457 e. The monoisotopic (exact) mass is 391 g/mol. The minimum absolute atomic E-state index is 0.156. The predicted molar refractivity (Wildman–Crippen MR) is 111 cm³/mol. The Bertz CT molecular complexity index is 1230. The van der Waals surface area contributed by atoms with Gasteiger partial charge in [-0.2, -0.15) is 0 Å². The van der Waals surface area contributed by atoms with E-state index < -0.39 is 0 Å². The molecule has 0 radical (unpaired) electrons. The van der Waals surface area contributed by atoms with E-state index in [4.69, 9.17) is 4.74 Å². The fraction of sp³-hybridized carbons (Fsp3) is 0.0952. The Hall–Kier alpha value is -3.45. The van der Waals surface area contributed by atoms with Crippen molar-refractivity contribution in [2.75, 3.05) is 5.32 Å². The number of nitrogens with zero attached hydrogens (tertiary/aromatic N) is 2. The molecule has 7 heteroatoms. The average molecular weight is 391 g/mol. The number of carbonyl (C=O) groups is 1. The van der Waals surface area contributed by atoms with Crippen molar-refractivity contribution in [1.82, 2.24) is 9.55 Å². The van der Waals surface area contributed by atoms with Crippen LogP contribution >= 0.6 is 11.3 Å². The smallest absolute Gasteiger partial charge is 0.266 e. The highest BCUT2D eigenvalue weighted by atomic mass is 32.1. The van der Waals surface area contributed by atoms with Gasteiger partial charge in [0.1, 0.15) is 16.3 Å². The molecule has 2 aromatic carbocycles. The topological polar surface area (TPSA) is 73.2 Å². The van der Waals surface area contributed by atoms with Gasteiger partial charge in [0.25, 0.3) is 11.5 Å². The zero-order valence-corrected chi connectivity index (χ0v) is 16.1. The second-order valence-electron chi connectivity index (χ2n) is 6.29. The van der Waals surface area contributed by atoms with E-state index >= 15 is 0 Å². The van der Waals surface area contributed by atoms with Crippen LogP contribution in [0.4, 0.5) is 5.69 Å². The first-order valence-electron chi connectivity index (χ1n) is 8.62. The number of fused-ring (bicyclic) bond motifs is 1. The molecule has 0 spiro atoms. The molecule has 6 nitrogen and oxygen atoms in total. The Kier molecular flexibility index (Phi) is 4.67. The number of para-hydroxylation sites is 1. The number of anilines is 1. The number of carbonyl (C=O) groups excluding carboxylic acids is 1. The van der Waals surface area contributed by atoms with Gasteiger partial charge in [-0.05, 0) is 36.8 Å². The first-order chi connectivity index (χ1) is 13.5.